The van der Waals surface area contributed by atoms with Gasteiger partial charge in [0.15, 0.2) is 5.82 Å². The van der Waals surface area contributed by atoms with Gasteiger partial charge in [-0.3, -0.25) is 4.90 Å². The van der Waals surface area contributed by atoms with E-state index in [1.807, 2.05) is 30.3 Å². The number of para-hydroxylation sites is 1. The highest BCUT2D eigenvalue weighted by atomic mass is 19.1. The van der Waals surface area contributed by atoms with Crippen molar-refractivity contribution in [2.45, 2.75) is 25.3 Å². The number of tetrazole rings is 1. The minimum atomic E-state index is -0.321. The van der Waals surface area contributed by atoms with E-state index < -0.39 is 0 Å². The van der Waals surface area contributed by atoms with E-state index in [0.29, 0.717) is 23.8 Å². The maximum absolute atomic E-state index is 13.5. The fourth-order valence-electron chi connectivity index (χ4n) is 3.82. The topological polar surface area (TPSA) is 85.8 Å². The van der Waals surface area contributed by atoms with Gasteiger partial charge in [0.1, 0.15) is 5.82 Å². The van der Waals surface area contributed by atoms with E-state index in [4.69, 9.17) is 4.52 Å². The summed E-state index contributed by atoms with van der Waals surface area (Å²) in [5.41, 5.74) is 1.54. The number of hydrogen-bond acceptors (Lipinski definition) is 7. The average Bonchev–Trinajstić information content (AvgIpc) is 3.45. The van der Waals surface area contributed by atoms with Crippen molar-refractivity contribution < 1.29 is 8.91 Å². The van der Waals surface area contributed by atoms with E-state index in [-0.39, 0.29) is 11.7 Å². The van der Waals surface area contributed by atoms with Gasteiger partial charge < -0.3 is 4.52 Å². The van der Waals surface area contributed by atoms with Crippen molar-refractivity contribution in [1.29, 1.82) is 0 Å². The van der Waals surface area contributed by atoms with Crippen LogP contribution in [0, 0.1) is 5.82 Å². The molecule has 0 aliphatic carbocycles. The number of likely N-dealkylation sites (tertiary alicyclic amines) is 1. The second-order valence-corrected chi connectivity index (χ2v) is 7.38. The normalized spacial score (nSPS) is 17.3. The Balaban J connectivity index is 1.30. The Hall–Kier alpha value is -3.46. The van der Waals surface area contributed by atoms with Crippen molar-refractivity contribution in [2.24, 2.45) is 0 Å². The van der Waals surface area contributed by atoms with Gasteiger partial charge in [-0.15, -0.1) is 5.10 Å². The molecule has 4 aromatic rings. The summed E-state index contributed by atoms with van der Waals surface area (Å²) in [4.78, 5) is 6.82. The molecule has 0 N–H and O–H groups in total. The Bertz CT molecular complexity index is 1130. The first-order chi connectivity index (χ1) is 14.8. The van der Waals surface area contributed by atoms with Gasteiger partial charge in [0.2, 0.25) is 11.7 Å². The number of benzene rings is 2. The van der Waals surface area contributed by atoms with Crippen molar-refractivity contribution in [3.8, 4) is 17.1 Å². The minimum absolute atomic E-state index is 0.120. The molecule has 5 rings (SSSR count). The lowest BCUT2D eigenvalue weighted by Gasteiger charge is -2.30. The van der Waals surface area contributed by atoms with Crippen LogP contribution in [0.15, 0.2) is 59.1 Å². The molecule has 1 saturated heterocycles. The molecule has 0 bridgehead atoms. The summed E-state index contributed by atoms with van der Waals surface area (Å²) in [5, 5.41) is 16.2. The maximum atomic E-state index is 13.5. The molecule has 1 unspecified atom stereocenters. The lowest BCUT2D eigenvalue weighted by atomic mass is 9.98. The van der Waals surface area contributed by atoms with Gasteiger partial charge in [0.05, 0.1) is 18.2 Å². The Kier molecular flexibility index (Phi) is 5.02. The largest absolute Gasteiger partial charge is 0.339 e. The molecule has 3 heterocycles. The molecular formula is C21H20FN7O. The molecule has 1 aliphatic rings. The van der Waals surface area contributed by atoms with E-state index in [2.05, 4.69) is 30.6 Å². The van der Waals surface area contributed by atoms with Gasteiger partial charge in [0, 0.05) is 12.1 Å². The Morgan fingerprint density at radius 3 is 2.87 bits per heavy atom. The monoisotopic (exact) mass is 405 g/mol. The summed E-state index contributed by atoms with van der Waals surface area (Å²) in [7, 11) is 0. The molecule has 9 heteroatoms. The van der Waals surface area contributed by atoms with Gasteiger partial charge >= 0.3 is 0 Å². The number of piperidine rings is 1. The maximum Gasteiger partial charge on any atom is 0.231 e. The summed E-state index contributed by atoms with van der Waals surface area (Å²) in [6, 6.07) is 16.1. The summed E-state index contributed by atoms with van der Waals surface area (Å²) >= 11 is 0. The van der Waals surface area contributed by atoms with Crippen LogP contribution in [0.4, 0.5) is 4.39 Å². The lowest BCUT2D eigenvalue weighted by molar-refractivity contribution is 0.175. The SMILES string of the molecule is Fc1cccc(-c2noc(C3CCCN(Cc4nnnn4-c4ccccc4)C3)n2)c1. The van der Waals surface area contributed by atoms with Gasteiger partial charge in [-0.1, -0.05) is 35.5 Å². The average molecular weight is 405 g/mol. The molecule has 30 heavy (non-hydrogen) atoms. The summed E-state index contributed by atoms with van der Waals surface area (Å²) in [6.45, 7) is 2.35. The molecule has 0 spiro atoms. The molecule has 1 aliphatic heterocycles. The Morgan fingerprint density at radius 1 is 1.10 bits per heavy atom. The van der Waals surface area contributed by atoms with E-state index in [0.717, 1.165) is 37.4 Å². The summed E-state index contributed by atoms with van der Waals surface area (Å²) in [5.74, 6) is 1.58. The second-order valence-electron chi connectivity index (χ2n) is 7.38. The number of rotatable bonds is 5. The molecular weight excluding hydrogens is 385 g/mol. The third kappa shape index (κ3) is 3.84. The standard InChI is InChI=1S/C21H20FN7O/c22-17-8-4-6-15(12-17)20-23-21(30-25-20)16-7-5-11-28(13-16)14-19-24-26-27-29(19)18-9-2-1-3-10-18/h1-4,6,8-10,12,16H,5,7,11,13-14H2. The zero-order valence-electron chi connectivity index (χ0n) is 16.2. The second kappa shape index (κ2) is 8.11. The third-order valence-electron chi connectivity index (χ3n) is 5.28. The number of hydrogen-bond donors (Lipinski definition) is 0. The molecule has 0 radical (unpaired) electrons. The highest BCUT2D eigenvalue weighted by Gasteiger charge is 2.27. The fraction of sp³-hybridized carbons (Fsp3) is 0.286. The molecule has 8 nitrogen and oxygen atoms in total. The molecule has 2 aromatic heterocycles. The predicted molar refractivity (Wildman–Crippen MR) is 106 cm³/mol. The molecule has 0 saturated carbocycles. The zero-order valence-corrected chi connectivity index (χ0v) is 16.2. The molecule has 1 fully saturated rings. The van der Waals surface area contributed by atoms with Crippen molar-refractivity contribution in [3.05, 3.63) is 72.1 Å². The molecule has 0 amide bonds. The van der Waals surface area contributed by atoms with Crippen molar-refractivity contribution >= 4 is 0 Å². The smallest absolute Gasteiger partial charge is 0.231 e. The predicted octanol–water partition coefficient (Wildman–Crippen LogP) is 3.23. The van der Waals surface area contributed by atoms with E-state index in [1.54, 1.807) is 16.8 Å². The van der Waals surface area contributed by atoms with Crippen LogP contribution in [0.5, 0.6) is 0 Å². The Morgan fingerprint density at radius 2 is 2.00 bits per heavy atom. The van der Waals surface area contributed by atoms with Crippen molar-refractivity contribution in [1.82, 2.24) is 35.2 Å². The highest BCUT2D eigenvalue weighted by Crippen LogP contribution is 2.28. The quantitative estimate of drug-likeness (QED) is 0.504. The zero-order chi connectivity index (χ0) is 20.3. The first-order valence-electron chi connectivity index (χ1n) is 9.91. The molecule has 2 aromatic carbocycles. The number of aromatic nitrogens is 6. The number of halogens is 1. The van der Waals surface area contributed by atoms with Crippen molar-refractivity contribution in [2.75, 3.05) is 13.1 Å². The lowest BCUT2D eigenvalue weighted by Crippen LogP contribution is -2.34. The molecule has 1 atom stereocenters. The minimum Gasteiger partial charge on any atom is -0.339 e. The van der Waals surface area contributed by atoms with Gasteiger partial charge in [-0.05, 0) is 54.1 Å². The summed E-state index contributed by atoms with van der Waals surface area (Å²) < 4.78 is 20.8. The van der Waals surface area contributed by atoms with Crippen LogP contribution >= 0.6 is 0 Å². The van der Waals surface area contributed by atoms with Gasteiger partial charge in [-0.25, -0.2) is 4.39 Å². The van der Waals surface area contributed by atoms with Crippen LogP contribution in [0.2, 0.25) is 0 Å². The highest BCUT2D eigenvalue weighted by molar-refractivity contribution is 5.53. The number of nitrogens with zero attached hydrogens (tertiary/aromatic N) is 7. The van der Waals surface area contributed by atoms with Crippen LogP contribution in [-0.4, -0.2) is 48.3 Å². The first-order valence-corrected chi connectivity index (χ1v) is 9.91. The van der Waals surface area contributed by atoms with E-state index in [1.165, 1.54) is 12.1 Å². The Labute approximate surface area is 172 Å². The first kappa shape index (κ1) is 18.6. The van der Waals surface area contributed by atoms with E-state index in [9.17, 15) is 4.39 Å². The van der Waals surface area contributed by atoms with E-state index >= 15 is 0 Å². The van der Waals surface area contributed by atoms with Crippen LogP contribution in [0.25, 0.3) is 17.1 Å². The van der Waals surface area contributed by atoms with Gasteiger partial charge in [-0.2, -0.15) is 9.67 Å². The third-order valence-corrected chi connectivity index (χ3v) is 5.28. The summed E-state index contributed by atoms with van der Waals surface area (Å²) in [6.07, 6.45) is 1.97. The van der Waals surface area contributed by atoms with Crippen LogP contribution in [0.3, 0.4) is 0 Å². The fourth-order valence-corrected chi connectivity index (χ4v) is 3.82. The van der Waals surface area contributed by atoms with Gasteiger partial charge in [0.25, 0.3) is 0 Å². The molecule has 152 valence electrons. The van der Waals surface area contributed by atoms with Crippen LogP contribution in [-0.2, 0) is 6.54 Å². The van der Waals surface area contributed by atoms with Crippen LogP contribution in [0.1, 0.15) is 30.5 Å². The van der Waals surface area contributed by atoms with Crippen LogP contribution < -0.4 is 0 Å². The van der Waals surface area contributed by atoms with Crippen molar-refractivity contribution in [3.63, 3.8) is 0 Å².